The van der Waals surface area contributed by atoms with E-state index in [0.717, 1.165) is 11.1 Å². The Morgan fingerprint density at radius 2 is 1.46 bits per heavy atom. The third kappa shape index (κ3) is 6.50. The van der Waals surface area contributed by atoms with E-state index < -0.39 is 12.6 Å². The second-order valence-electron chi connectivity index (χ2n) is 8.58. The van der Waals surface area contributed by atoms with Gasteiger partial charge in [0.25, 0.3) is 0 Å². The fraction of sp³-hybridized carbons (Fsp3) is 0.103. The van der Waals surface area contributed by atoms with Crippen LogP contribution in [0.15, 0.2) is 102 Å². The molecule has 10 heteroatoms. The average Bonchev–Trinajstić information content (AvgIpc) is 3.37. The molecule has 1 aliphatic heterocycles. The van der Waals surface area contributed by atoms with Crippen molar-refractivity contribution in [2.24, 2.45) is 5.10 Å². The molecule has 198 valence electrons. The van der Waals surface area contributed by atoms with Gasteiger partial charge < -0.3 is 14.8 Å². The molecule has 0 bridgehead atoms. The lowest BCUT2D eigenvalue weighted by Crippen LogP contribution is -2.30. The number of nitrogens with zero attached hydrogens (tertiary/aromatic N) is 2. The first-order chi connectivity index (χ1) is 18.8. The highest BCUT2D eigenvalue weighted by atomic mass is 35.5. The van der Waals surface area contributed by atoms with Crippen LogP contribution in [-0.4, -0.2) is 29.9 Å². The molecular weight excluding hydrogens is 531 g/mol. The molecule has 0 fully saturated rings. The number of ether oxygens (including phenoxy) is 2. The Labute approximate surface area is 227 Å². The van der Waals surface area contributed by atoms with Crippen molar-refractivity contribution in [2.75, 3.05) is 11.9 Å². The van der Waals surface area contributed by atoms with Gasteiger partial charge in [-0.1, -0.05) is 35.9 Å². The SMILES string of the molecule is O=C(Nc1ccc(Oc2ccc(OC(F)F)cc2)cc1)N1CC(c2ccc(F)cc2)C(c2ccc(Cl)cc2)=N1. The number of nitrogens with one attached hydrogen (secondary N) is 1. The van der Waals surface area contributed by atoms with Gasteiger partial charge in [-0.15, -0.1) is 0 Å². The summed E-state index contributed by atoms with van der Waals surface area (Å²) in [5.74, 6) is 0.339. The van der Waals surface area contributed by atoms with Crippen molar-refractivity contribution >= 4 is 29.0 Å². The first-order valence-electron chi connectivity index (χ1n) is 11.9. The summed E-state index contributed by atoms with van der Waals surface area (Å²) in [4.78, 5) is 13.1. The fourth-order valence-electron chi connectivity index (χ4n) is 4.09. The van der Waals surface area contributed by atoms with E-state index in [1.807, 2.05) is 12.1 Å². The van der Waals surface area contributed by atoms with Gasteiger partial charge in [-0.25, -0.2) is 14.2 Å². The van der Waals surface area contributed by atoms with Crippen molar-refractivity contribution < 1.29 is 27.4 Å². The molecule has 1 atom stereocenters. The number of carbonyl (C=O) groups is 1. The van der Waals surface area contributed by atoms with Crippen LogP contribution in [0.25, 0.3) is 0 Å². The number of carbonyl (C=O) groups excluding carboxylic acids is 1. The molecule has 1 aliphatic rings. The molecule has 4 aromatic carbocycles. The van der Waals surface area contributed by atoms with Gasteiger partial charge in [0.2, 0.25) is 0 Å². The van der Waals surface area contributed by atoms with E-state index in [9.17, 15) is 18.0 Å². The molecular formula is C29H21ClF3N3O3. The molecule has 0 spiro atoms. The highest BCUT2D eigenvalue weighted by Gasteiger charge is 2.32. The maximum absolute atomic E-state index is 13.5. The molecule has 39 heavy (non-hydrogen) atoms. The third-order valence-corrected chi connectivity index (χ3v) is 6.20. The monoisotopic (exact) mass is 551 g/mol. The lowest BCUT2D eigenvalue weighted by molar-refractivity contribution is -0.0498. The number of amides is 2. The lowest BCUT2D eigenvalue weighted by Gasteiger charge is -2.16. The summed E-state index contributed by atoms with van der Waals surface area (Å²) < 4.78 is 48.2. The van der Waals surface area contributed by atoms with E-state index in [1.165, 1.54) is 41.4 Å². The first kappa shape index (κ1) is 26.1. The number of anilines is 1. The van der Waals surface area contributed by atoms with Crippen LogP contribution in [0.3, 0.4) is 0 Å². The summed E-state index contributed by atoms with van der Waals surface area (Å²) in [7, 11) is 0. The van der Waals surface area contributed by atoms with Crippen LogP contribution < -0.4 is 14.8 Å². The van der Waals surface area contributed by atoms with E-state index in [2.05, 4.69) is 15.2 Å². The molecule has 0 radical (unpaired) electrons. The van der Waals surface area contributed by atoms with E-state index in [0.29, 0.717) is 27.9 Å². The smallest absolute Gasteiger partial charge is 0.387 e. The van der Waals surface area contributed by atoms with Gasteiger partial charge in [-0.3, -0.25) is 0 Å². The zero-order valence-electron chi connectivity index (χ0n) is 20.2. The average molecular weight is 552 g/mol. The zero-order valence-corrected chi connectivity index (χ0v) is 21.0. The van der Waals surface area contributed by atoms with Crippen molar-refractivity contribution in [1.82, 2.24) is 5.01 Å². The predicted octanol–water partition coefficient (Wildman–Crippen LogP) is 7.91. The van der Waals surface area contributed by atoms with Gasteiger partial charge in [0, 0.05) is 16.6 Å². The number of hydrogen-bond acceptors (Lipinski definition) is 4. The normalized spacial score (nSPS) is 14.7. The van der Waals surface area contributed by atoms with E-state index in [4.69, 9.17) is 16.3 Å². The van der Waals surface area contributed by atoms with Crippen molar-refractivity contribution in [1.29, 1.82) is 0 Å². The highest BCUT2D eigenvalue weighted by molar-refractivity contribution is 6.30. The van der Waals surface area contributed by atoms with Gasteiger partial charge in [0.05, 0.1) is 12.3 Å². The molecule has 2 amide bonds. The molecule has 0 aliphatic carbocycles. The summed E-state index contributed by atoms with van der Waals surface area (Å²) >= 11 is 6.04. The quantitative estimate of drug-likeness (QED) is 0.254. The van der Waals surface area contributed by atoms with Crippen molar-refractivity contribution in [3.8, 4) is 17.2 Å². The van der Waals surface area contributed by atoms with Crippen LogP contribution in [0.4, 0.5) is 23.7 Å². The van der Waals surface area contributed by atoms with Crippen molar-refractivity contribution in [2.45, 2.75) is 12.5 Å². The topological polar surface area (TPSA) is 63.2 Å². The number of rotatable bonds is 7. The number of hydrazone groups is 1. The molecule has 1 unspecified atom stereocenters. The summed E-state index contributed by atoms with van der Waals surface area (Å²) in [6.07, 6.45) is 0. The molecule has 5 rings (SSSR count). The van der Waals surface area contributed by atoms with Crippen LogP contribution in [0.5, 0.6) is 17.2 Å². The molecule has 0 saturated heterocycles. The molecule has 6 nitrogen and oxygen atoms in total. The van der Waals surface area contributed by atoms with E-state index in [1.54, 1.807) is 48.5 Å². The Morgan fingerprint density at radius 3 is 2.08 bits per heavy atom. The Kier molecular flexibility index (Phi) is 7.69. The standard InChI is InChI=1S/C29H21ClF3N3O3/c30-20-5-1-19(2-6-20)27-26(18-3-7-21(31)8-4-18)17-36(35-27)29(37)34-22-9-11-23(12-10-22)38-24-13-15-25(16-14-24)39-28(32)33/h1-16,26,28H,17H2,(H,34,37). The number of hydrogen-bond donors (Lipinski definition) is 1. The van der Waals surface area contributed by atoms with Crippen LogP contribution in [-0.2, 0) is 0 Å². The maximum atomic E-state index is 13.5. The summed E-state index contributed by atoms with van der Waals surface area (Å²) in [6.45, 7) is -2.63. The van der Waals surface area contributed by atoms with Gasteiger partial charge in [-0.05, 0) is 83.9 Å². The first-order valence-corrected chi connectivity index (χ1v) is 12.2. The minimum atomic E-state index is -2.90. The number of halogens is 4. The molecule has 1 heterocycles. The Morgan fingerprint density at radius 1 is 0.872 bits per heavy atom. The van der Waals surface area contributed by atoms with E-state index in [-0.39, 0.29) is 24.0 Å². The zero-order chi connectivity index (χ0) is 27.4. The van der Waals surface area contributed by atoms with Gasteiger partial charge in [0.1, 0.15) is 23.1 Å². The second kappa shape index (κ2) is 11.5. The summed E-state index contributed by atoms with van der Waals surface area (Å²) in [5, 5.41) is 9.32. The molecule has 1 N–H and O–H groups in total. The Bertz CT molecular complexity index is 1460. The van der Waals surface area contributed by atoms with Crippen LogP contribution in [0, 0.1) is 5.82 Å². The van der Waals surface area contributed by atoms with Crippen molar-refractivity contribution in [3.63, 3.8) is 0 Å². The highest BCUT2D eigenvalue weighted by Crippen LogP contribution is 2.31. The largest absolute Gasteiger partial charge is 0.457 e. The van der Waals surface area contributed by atoms with Gasteiger partial charge >= 0.3 is 12.6 Å². The molecule has 0 saturated carbocycles. The predicted molar refractivity (Wildman–Crippen MR) is 142 cm³/mol. The Balaban J connectivity index is 1.27. The number of benzene rings is 4. The van der Waals surface area contributed by atoms with Crippen LogP contribution in [0.1, 0.15) is 17.0 Å². The lowest BCUT2D eigenvalue weighted by atomic mass is 9.90. The summed E-state index contributed by atoms with van der Waals surface area (Å²) in [5.41, 5.74) is 2.82. The summed E-state index contributed by atoms with van der Waals surface area (Å²) in [6, 6.07) is 25.3. The second-order valence-corrected chi connectivity index (χ2v) is 9.02. The van der Waals surface area contributed by atoms with Crippen molar-refractivity contribution in [3.05, 3.63) is 119 Å². The number of urea groups is 1. The van der Waals surface area contributed by atoms with Gasteiger partial charge in [0.15, 0.2) is 0 Å². The minimum absolute atomic E-state index is 0.0286. The third-order valence-electron chi connectivity index (χ3n) is 5.95. The van der Waals surface area contributed by atoms with Gasteiger partial charge in [-0.2, -0.15) is 13.9 Å². The fourth-order valence-corrected chi connectivity index (χ4v) is 4.21. The molecule has 0 aromatic heterocycles. The minimum Gasteiger partial charge on any atom is -0.457 e. The van der Waals surface area contributed by atoms with Crippen LogP contribution >= 0.6 is 11.6 Å². The Hall–Kier alpha value is -4.50. The van der Waals surface area contributed by atoms with Crippen LogP contribution in [0.2, 0.25) is 5.02 Å². The van der Waals surface area contributed by atoms with E-state index >= 15 is 0 Å². The maximum Gasteiger partial charge on any atom is 0.387 e. The number of alkyl halides is 2. The molecule has 4 aromatic rings.